The molecule has 146 valence electrons. The van der Waals surface area contributed by atoms with Crippen LogP contribution < -0.4 is 14.8 Å². The molecule has 0 saturated carbocycles. The number of carbonyl (C=O) groups excluding carboxylic acids is 1. The van der Waals surface area contributed by atoms with Crippen LogP contribution in [0, 0.1) is 5.41 Å². The standard InChI is InChI=1S/C17H26N2O6S/c1-4-25-13-5-7-14(8-6-13)26(23,24)19-11-9-15(20)18-12-10-17(2,3)16(21)22/h5-8,19H,4,9-12H2,1-3H3,(H,18,20)(H,21,22). The highest BCUT2D eigenvalue weighted by Gasteiger charge is 2.26. The van der Waals surface area contributed by atoms with Crippen LogP contribution in [0.5, 0.6) is 5.75 Å². The summed E-state index contributed by atoms with van der Waals surface area (Å²) in [6.45, 7) is 5.63. The number of nitrogens with one attached hydrogen (secondary N) is 2. The van der Waals surface area contributed by atoms with Crippen molar-refractivity contribution >= 4 is 21.9 Å². The Morgan fingerprint density at radius 2 is 1.77 bits per heavy atom. The molecule has 1 aromatic carbocycles. The number of hydrogen-bond acceptors (Lipinski definition) is 5. The number of hydrogen-bond donors (Lipinski definition) is 3. The molecule has 0 aliphatic heterocycles. The first kappa shape index (κ1) is 21.9. The fourth-order valence-electron chi connectivity index (χ4n) is 1.97. The van der Waals surface area contributed by atoms with Gasteiger partial charge in [0.2, 0.25) is 15.9 Å². The van der Waals surface area contributed by atoms with E-state index in [-0.39, 0.29) is 36.7 Å². The second-order valence-electron chi connectivity index (χ2n) is 6.34. The van der Waals surface area contributed by atoms with Gasteiger partial charge in [-0.2, -0.15) is 0 Å². The van der Waals surface area contributed by atoms with Crippen LogP contribution in [-0.2, 0) is 19.6 Å². The molecular formula is C17H26N2O6S. The van der Waals surface area contributed by atoms with E-state index in [4.69, 9.17) is 9.84 Å². The average Bonchev–Trinajstić information content (AvgIpc) is 2.55. The Morgan fingerprint density at radius 3 is 2.31 bits per heavy atom. The van der Waals surface area contributed by atoms with Gasteiger partial charge in [0.15, 0.2) is 0 Å². The number of carboxylic acid groups (broad SMARTS) is 1. The fourth-order valence-corrected chi connectivity index (χ4v) is 3.01. The van der Waals surface area contributed by atoms with E-state index in [1.54, 1.807) is 26.0 Å². The Balaban J connectivity index is 2.41. The molecule has 0 aromatic heterocycles. The number of carbonyl (C=O) groups is 2. The molecule has 0 unspecified atom stereocenters. The van der Waals surface area contributed by atoms with Crippen LogP contribution in [0.3, 0.4) is 0 Å². The second-order valence-corrected chi connectivity index (χ2v) is 8.11. The predicted octanol–water partition coefficient (Wildman–Crippen LogP) is 1.37. The highest BCUT2D eigenvalue weighted by atomic mass is 32.2. The van der Waals surface area contributed by atoms with Crippen molar-refractivity contribution in [2.24, 2.45) is 5.41 Å². The van der Waals surface area contributed by atoms with E-state index in [1.165, 1.54) is 12.1 Å². The number of carboxylic acids is 1. The largest absolute Gasteiger partial charge is 0.494 e. The summed E-state index contributed by atoms with van der Waals surface area (Å²) < 4.78 is 31.9. The van der Waals surface area contributed by atoms with E-state index in [1.807, 2.05) is 6.92 Å². The van der Waals surface area contributed by atoms with E-state index in [0.29, 0.717) is 12.4 Å². The van der Waals surface area contributed by atoms with Gasteiger partial charge in [-0.1, -0.05) is 0 Å². The Morgan fingerprint density at radius 1 is 1.15 bits per heavy atom. The summed E-state index contributed by atoms with van der Waals surface area (Å²) in [7, 11) is -3.71. The first-order chi connectivity index (χ1) is 12.1. The van der Waals surface area contributed by atoms with E-state index in [2.05, 4.69) is 10.0 Å². The zero-order chi connectivity index (χ0) is 19.8. The van der Waals surface area contributed by atoms with Gasteiger partial charge in [-0.05, 0) is 51.5 Å². The van der Waals surface area contributed by atoms with Gasteiger partial charge in [0.1, 0.15) is 5.75 Å². The van der Waals surface area contributed by atoms with Crippen LogP contribution in [0.1, 0.15) is 33.6 Å². The molecule has 1 aromatic rings. The van der Waals surface area contributed by atoms with Crippen LogP contribution in [0.2, 0.25) is 0 Å². The van der Waals surface area contributed by atoms with Gasteiger partial charge in [0.25, 0.3) is 0 Å². The van der Waals surface area contributed by atoms with Gasteiger partial charge in [-0.15, -0.1) is 0 Å². The second kappa shape index (κ2) is 9.54. The lowest BCUT2D eigenvalue weighted by atomic mass is 9.90. The van der Waals surface area contributed by atoms with Crippen molar-refractivity contribution in [3.05, 3.63) is 24.3 Å². The molecule has 0 fully saturated rings. The summed E-state index contributed by atoms with van der Waals surface area (Å²) in [6, 6.07) is 5.99. The Labute approximate surface area is 154 Å². The van der Waals surface area contributed by atoms with Crippen LogP contribution in [0.15, 0.2) is 29.2 Å². The minimum atomic E-state index is -3.71. The molecule has 0 aliphatic rings. The molecule has 3 N–H and O–H groups in total. The molecule has 8 nitrogen and oxygen atoms in total. The predicted molar refractivity (Wildman–Crippen MR) is 96.5 cm³/mol. The van der Waals surface area contributed by atoms with Crippen LogP contribution >= 0.6 is 0 Å². The van der Waals surface area contributed by atoms with Crippen LogP contribution in [-0.4, -0.2) is 45.1 Å². The van der Waals surface area contributed by atoms with Crippen molar-refractivity contribution in [3.63, 3.8) is 0 Å². The lowest BCUT2D eigenvalue weighted by Crippen LogP contribution is -2.34. The van der Waals surface area contributed by atoms with Crippen molar-refractivity contribution in [2.45, 2.75) is 38.5 Å². The molecule has 26 heavy (non-hydrogen) atoms. The van der Waals surface area contributed by atoms with Crippen molar-refractivity contribution in [1.82, 2.24) is 10.0 Å². The van der Waals surface area contributed by atoms with Crippen molar-refractivity contribution in [3.8, 4) is 5.75 Å². The quantitative estimate of drug-likeness (QED) is 0.528. The highest BCUT2D eigenvalue weighted by Crippen LogP contribution is 2.19. The van der Waals surface area contributed by atoms with E-state index in [0.717, 1.165) is 0 Å². The Bertz CT molecular complexity index is 713. The molecule has 9 heteroatoms. The van der Waals surface area contributed by atoms with E-state index < -0.39 is 21.4 Å². The van der Waals surface area contributed by atoms with E-state index in [9.17, 15) is 18.0 Å². The fraction of sp³-hybridized carbons (Fsp3) is 0.529. The molecule has 0 spiro atoms. The molecule has 0 bridgehead atoms. The number of aliphatic carboxylic acids is 1. The molecule has 0 aliphatic carbocycles. The van der Waals surface area contributed by atoms with Gasteiger partial charge in [0, 0.05) is 19.5 Å². The monoisotopic (exact) mass is 386 g/mol. The zero-order valence-electron chi connectivity index (χ0n) is 15.2. The van der Waals surface area contributed by atoms with Crippen LogP contribution in [0.4, 0.5) is 0 Å². The van der Waals surface area contributed by atoms with Gasteiger partial charge < -0.3 is 15.2 Å². The summed E-state index contributed by atoms with van der Waals surface area (Å²) in [5.74, 6) is -0.703. The Hall–Kier alpha value is -2.13. The minimum Gasteiger partial charge on any atom is -0.494 e. The third kappa shape index (κ3) is 7.01. The maximum absolute atomic E-state index is 12.2. The normalized spacial score (nSPS) is 11.8. The SMILES string of the molecule is CCOc1ccc(S(=O)(=O)NCCC(=O)NCCC(C)(C)C(=O)O)cc1. The molecule has 0 saturated heterocycles. The molecular weight excluding hydrogens is 360 g/mol. The summed E-state index contributed by atoms with van der Waals surface area (Å²) in [6.07, 6.45) is 0.246. The molecule has 1 amide bonds. The van der Waals surface area contributed by atoms with Gasteiger partial charge in [-0.25, -0.2) is 13.1 Å². The maximum atomic E-state index is 12.2. The van der Waals surface area contributed by atoms with Gasteiger partial charge in [-0.3, -0.25) is 9.59 Å². The molecule has 1 rings (SSSR count). The van der Waals surface area contributed by atoms with Gasteiger partial charge >= 0.3 is 5.97 Å². The summed E-state index contributed by atoms with van der Waals surface area (Å²) in [5.41, 5.74) is -0.928. The van der Waals surface area contributed by atoms with E-state index >= 15 is 0 Å². The number of benzene rings is 1. The first-order valence-corrected chi connectivity index (χ1v) is 9.79. The average molecular weight is 386 g/mol. The summed E-state index contributed by atoms with van der Waals surface area (Å²) >= 11 is 0. The molecule has 0 radical (unpaired) electrons. The number of amides is 1. The molecule has 0 atom stereocenters. The number of sulfonamides is 1. The lowest BCUT2D eigenvalue weighted by molar-refractivity contribution is -0.147. The van der Waals surface area contributed by atoms with Crippen molar-refractivity contribution < 1.29 is 27.9 Å². The minimum absolute atomic E-state index is 0.0379. The highest BCUT2D eigenvalue weighted by molar-refractivity contribution is 7.89. The summed E-state index contributed by atoms with van der Waals surface area (Å²) in [4.78, 5) is 22.8. The smallest absolute Gasteiger partial charge is 0.309 e. The van der Waals surface area contributed by atoms with Crippen molar-refractivity contribution in [2.75, 3.05) is 19.7 Å². The third-order valence-corrected chi connectivity index (χ3v) is 5.22. The third-order valence-electron chi connectivity index (χ3n) is 3.74. The van der Waals surface area contributed by atoms with Gasteiger partial charge in [0.05, 0.1) is 16.9 Å². The van der Waals surface area contributed by atoms with Crippen molar-refractivity contribution in [1.29, 1.82) is 0 Å². The summed E-state index contributed by atoms with van der Waals surface area (Å²) in [5, 5.41) is 11.6. The molecule has 0 heterocycles. The first-order valence-electron chi connectivity index (χ1n) is 8.31. The van der Waals surface area contributed by atoms with Crippen LogP contribution in [0.25, 0.3) is 0 Å². The number of rotatable bonds is 11. The number of ether oxygens (including phenoxy) is 1. The maximum Gasteiger partial charge on any atom is 0.309 e. The topological polar surface area (TPSA) is 122 Å². The zero-order valence-corrected chi connectivity index (χ0v) is 16.1. The lowest BCUT2D eigenvalue weighted by Gasteiger charge is -2.18. The Kier molecular flexibility index (Phi) is 8.04.